The van der Waals surface area contributed by atoms with Crippen LogP contribution in [0.5, 0.6) is 0 Å². The third-order valence-corrected chi connectivity index (χ3v) is 3.41. The van der Waals surface area contributed by atoms with Crippen molar-refractivity contribution in [2.24, 2.45) is 5.73 Å². The second-order valence-electron chi connectivity index (χ2n) is 3.36. The van der Waals surface area contributed by atoms with E-state index in [0.717, 1.165) is 21.8 Å². The number of pyridine rings is 1. The smallest absolute Gasteiger partial charge is 0.143 e. The fraction of sp³-hybridized carbons (Fsp3) is 0.400. The highest BCUT2D eigenvalue weighted by atomic mass is 32.1. The molecule has 0 amide bonds. The molecule has 0 aliphatic carbocycles. The van der Waals surface area contributed by atoms with E-state index in [1.165, 1.54) is 0 Å². The van der Waals surface area contributed by atoms with Crippen molar-refractivity contribution in [3.63, 3.8) is 0 Å². The van der Waals surface area contributed by atoms with Gasteiger partial charge in [0.05, 0.1) is 5.01 Å². The van der Waals surface area contributed by atoms with Crippen LogP contribution in [-0.2, 0) is 0 Å². The molecule has 0 bridgehead atoms. The molecule has 1 atom stereocenters. The highest BCUT2D eigenvalue weighted by molar-refractivity contribution is 7.18. The van der Waals surface area contributed by atoms with E-state index in [9.17, 15) is 0 Å². The van der Waals surface area contributed by atoms with E-state index in [1.54, 1.807) is 17.5 Å². The molecule has 0 aliphatic heterocycles. The average Bonchev–Trinajstić information content (AvgIpc) is 2.61. The van der Waals surface area contributed by atoms with Gasteiger partial charge in [-0.2, -0.15) is 0 Å². The maximum atomic E-state index is 5.52. The summed E-state index contributed by atoms with van der Waals surface area (Å²) in [5.74, 6) is 0.444. The Morgan fingerprint density at radius 1 is 1.57 bits per heavy atom. The molecule has 1 unspecified atom stereocenters. The molecule has 2 aromatic heterocycles. The number of rotatable bonds is 3. The molecular formula is C10H13N3S. The molecule has 2 heterocycles. The third kappa shape index (κ3) is 1.76. The van der Waals surface area contributed by atoms with E-state index in [1.807, 2.05) is 12.1 Å². The summed E-state index contributed by atoms with van der Waals surface area (Å²) >= 11 is 1.67. The standard InChI is InChI=1S/C10H13N3S/c1-7(4-5-11)9-13-8-3-2-6-12-10(8)14-9/h2-3,6-7H,4-5,11H2,1H3. The molecule has 2 N–H and O–H groups in total. The Labute approximate surface area is 87.0 Å². The molecule has 0 saturated heterocycles. The van der Waals surface area contributed by atoms with Crippen molar-refractivity contribution >= 4 is 21.7 Å². The minimum Gasteiger partial charge on any atom is -0.330 e. The largest absolute Gasteiger partial charge is 0.330 e. The molecule has 14 heavy (non-hydrogen) atoms. The molecule has 2 rings (SSSR count). The van der Waals surface area contributed by atoms with Crippen LogP contribution in [0.25, 0.3) is 10.3 Å². The highest BCUT2D eigenvalue weighted by Gasteiger charge is 2.10. The summed E-state index contributed by atoms with van der Waals surface area (Å²) in [7, 11) is 0. The summed E-state index contributed by atoms with van der Waals surface area (Å²) < 4.78 is 0. The van der Waals surface area contributed by atoms with Crippen molar-refractivity contribution in [3.05, 3.63) is 23.3 Å². The molecule has 0 aromatic carbocycles. The third-order valence-electron chi connectivity index (χ3n) is 2.20. The van der Waals surface area contributed by atoms with Gasteiger partial charge in [-0.05, 0) is 25.1 Å². The Morgan fingerprint density at radius 3 is 3.14 bits per heavy atom. The van der Waals surface area contributed by atoms with Gasteiger partial charge < -0.3 is 5.73 Å². The van der Waals surface area contributed by atoms with Gasteiger partial charge in [0.25, 0.3) is 0 Å². The number of fused-ring (bicyclic) bond motifs is 1. The average molecular weight is 207 g/mol. The number of hydrogen-bond donors (Lipinski definition) is 1. The van der Waals surface area contributed by atoms with Crippen LogP contribution in [0.1, 0.15) is 24.3 Å². The first-order chi connectivity index (χ1) is 6.81. The van der Waals surface area contributed by atoms with Crippen molar-refractivity contribution in [3.8, 4) is 0 Å². The van der Waals surface area contributed by atoms with Crippen molar-refractivity contribution in [2.75, 3.05) is 6.54 Å². The van der Waals surface area contributed by atoms with Crippen LogP contribution < -0.4 is 5.73 Å². The maximum Gasteiger partial charge on any atom is 0.143 e. The van der Waals surface area contributed by atoms with E-state index in [4.69, 9.17) is 5.73 Å². The minimum absolute atomic E-state index is 0.444. The summed E-state index contributed by atoms with van der Waals surface area (Å²) in [6, 6.07) is 3.91. The SMILES string of the molecule is CC(CCN)c1nc2cccnc2s1. The summed E-state index contributed by atoms with van der Waals surface area (Å²) in [6.45, 7) is 2.87. The second-order valence-corrected chi connectivity index (χ2v) is 4.37. The number of hydrogen-bond acceptors (Lipinski definition) is 4. The summed E-state index contributed by atoms with van der Waals surface area (Å²) in [5, 5.41) is 1.14. The number of thiazole rings is 1. The summed E-state index contributed by atoms with van der Waals surface area (Å²) in [6.07, 6.45) is 2.79. The van der Waals surface area contributed by atoms with Crippen LogP contribution in [0.4, 0.5) is 0 Å². The minimum atomic E-state index is 0.444. The quantitative estimate of drug-likeness (QED) is 0.839. The van der Waals surface area contributed by atoms with Gasteiger partial charge in [0.2, 0.25) is 0 Å². The Hall–Kier alpha value is -1.00. The first-order valence-corrected chi connectivity index (χ1v) is 5.54. The fourth-order valence-corrected chi connectivity index (χ4v) is 2.36. The Morgan fingerprint density at radius 2 is 2.43 bits per heavy atom. The molecule has 3 nitrogen and oxygen atoms in total. The normalized spacial score (nSPS) is 13.3. The van der Waals surface area contributed by atoms with E-state index in [2.05, 4.69) is 16.9 Å². The number of nitrogens with zero attached hydrogens (tertiary/aromatic N) is 2. The lowest BCUT2D eigenvalue weighted by molar-refractivity contribution is 0.687. The van der Waals surface area contributed by atoms with E-state index < -0.39 is 0 Å². The van der Waals surface area contributed by atoms with Crippen molar-refractivity contribution in [1.29, 1.82) is 0 Å². The lowest BCUT2D eigenvalue weighted by Gasteiger charge is -2.03. The van der Waals surface area contributed by atoms with Crippen LogP contribution in [0, 0.1) is 0 Å². The van der Waals surface area contributed by atoms with Gasteiger partial charge in [-0.25, -0.2) is 9.97 Å². The molecule has 0 radical (unpaired) electrons. The van der Waals surface area contributed by atoms with Crippen LogP contribution in [0.15, 0.2) is 18.3 Å². The summed E-state index contributed by atoms with van der Waals surface area (Å²) in [4.78, 5) is 9.82. The van der Waals surface area contributed by atoms with Gasteiger partial charge in [0.15, 0.2) is 0 Å². The van der Waals surface area contributed by atoms with E-state index in [0.29, 0.717) is 12.5 Å². The maximum absolute atomic E-state index is 5.52. The molecule has 74 valence electrons. The highest BCUT2D eigenvalue weighted by Crippen LogP contribution is 2.27. The van der Waals surface area contributed by atoms with Gasteiger partial charge >= 0.3 is 0 Å². The molecule has 0 saturated carbocycles. The van der Waals surface area contributed by atoms with Gasteiger partial charge in [-0.3, -0.25) is 0 Å². The Kier molecular flexibility index (Phi) is 2.74. The van der Waals surface area contributed by atoms with Crippen molar-refractivity contribution in [1.82, 2.24) is 9.97 Å². The van der Waals surface area contributed by atoms with Crippen LogP contribution in [0.3, 0.4) is 0 Å². The molecule has 0 aliphatic rings. The zero-order valence-electron chi connectivity index (χ0n) is 8.10. The van der Waals surface area contributed by atoms with Gasteiger partial charge in [-0.1, -0.05) is 18.3 Å². The molecule has 0 spiro atoms. The van der Waals surface area contributed by atoms with Gasteiger partial charge in [-0.15, -0.1) is 0 Å². The van der Waals surface area contributed by atoms with E-state index >= 15 is 0 Å². The van der Waals surface area contributed by atoms with Crippen molar-refractivity contribution in [2.45, 2.75) is 19.3 Å². The van der Waals surface area contributed by atoms with Gasteiger partial charge in [0.1, 0.15) is 10.3 Å². The van der Waals surface area contributed by atoms with Crippen LogP contribution in [-0.4, -0.2) is 16.5 Å². The number of aromatic nitrogens is 2. The number of nitrogens with two attached hydrogens (primary N) is 1. The first kappa shape index (κ1) is 9.55. The molecule has 2 aromatic rings. The van der Waals surface area contributed by atoms with Crippen LogP contribution in [0.2, 0.25) is 0 Å². The first-order valence-electron chi connectivity index (χ1n) is 4.73. The van der Waals surface area contributed by atoms with Crippen LogP contribution >= 0.6 is 11.3 Å². The zero-order chi connectivity index (χ0) is 9.97. The lowest BCUT2D eigenvalue weighted by atomic mass is 10.1. The lowest BCUT2D eigenvalue weighted by Crippen LogP contribution is -2.03. The fourth-order valence-electron chi connectivity index (χ4n) is 1.37. The monoisotopic (exact) mass is 207 g/mol. The molecular weight excluding hydrogens is 194 g/mol. The predicted octanol–water partition coefficient (Wildman–Crippen LogP) is 2.14. The topological polar surface area (TPSA) is 51.8 Å². The second kappa shape index (κ2) is 4.02. The zero-order valence-corrected chi connectivity index (χ0v) is 8.92. The Balaban J connectivity index is 2.35. The Bertz CT molecular complexity index is 391. The predicted molar refractivity (Wildman–Crippen MR) is 59.5 cm³/mol. The molecule has 4 heteroatoms. The summed E-state index contributed by atoms with van der Waals surface area (Å²) in [5.41, 5.74) is 6.52. The van der Waals surface area contributed by atoms with Crippen molar-refractivity contribution < 1.29 is 0 Å². The molecule has 0 fully saturated rings. The van der Waals surface area contributed by atoms with E-state index in [-0.39, 0.29) is 0 Å². The van der Waals surface area contributed by atoms with Gasteiger partial charge in [0, 0.05) is 12.1 Å².